The van der Waals surface area contributed by atoms with Gasteiger partial charge in [0.2, 0.25) is 17.7 Å². The van der Waals surface area contributed by atoms with E-state index in [0.29, 0.717) is 26.2 Å². The van der Waals surface area contributed by atoms with Gasteiger partial charge in [-0.25, -0.2) is 14.2 Å². The molecule has 3 fully saturated rings. The summed E-state index contributed by atoms with van der Waals surface area (Å²) in [5.41, 5.74) is -0.544. The first-order valence-electron chi connectivity index (χ1n) is 15.4. The molecule has 0 aliphatic carbocycles. The number of anilines is 3. The third-order valence-electron chi connectivity index (χ3n) is 9.64. The van der Waals surface area contributed by atoms with Crippen molar-refractivity contribution in [3.8, 4) is 0 Å². The van der Waals surface area contributed by atoms with Gasteiger partial charge in [-0.15, -0.1) is 0 Å². The number of para-hydroxylation sites is 1. The summed E-state index contributed by atoms with van der Waals surface area (Å²) in [5, 5.41) is 9.60. The molecular formula is C31H35F4N7O5. The molecule has 1 aromatic carbocycles. The average Bonchev–Trinajstić information content (AvgIpc) is 3.33. The van der Waals surface area contributed by atoms with Crippen molar-refractivity contribution < 1.29 is 41.8 Å². The lowest BCUT2D eigenvalue weighted by Gasteiger charge is -2.49. The smallest absolute Gasteiger partial charge is 0.416 e. The number of pyridine rings is 1. The molecule has 12 nitrogen and oxygen atoms in total. The van der Waals surface area contributed by atoms with Gasteiger partial charge < -0.3 is 19.8 Å². The minimum absolute atomic E-state index is 0.0347. The topological polar surface area (TPSA) is 121 Å². The van der Waals surface area contributed by atoms with Crippen LogP contribution in [-0.4, -0.2) is 120 Å². The van der Waals surface area contributed by atoms with Crippen molar-refractivity contribution in [2.45, 2.75) is 44.6 Å². The number of hydrogen-bond acceptors (Lipinski definition) is 7. The summed E-state index contributed by atoms with van der Waals surface area (Å²) in [5.74, 6) is -2.92. The molecule has 252 valence electrons. The van der Waals surface area contributed by atoms with E-state index in [1.165, 1.54) is 31.0 Å². The van der Waals surface area contributed by atoms with Crippen LogP contribution in [0.4, 0.5) is 39.5 Å². The van der Waals surface area contributed by atoms with Gasteiger partial charge in [0.1, 0.15) is 23.7 Å². The van der Waals surface area contributed by atoms with Crippen LogP contribution in [0.25, 0.3) is 0 Å². The maximum Gasteiger partial charge on any atom is 0.416 e. The molecule has 2 aromatic rings. The molecule has 1 N–H and O–H groups in total. The highest BCUT2D eigenvalue weighted by Gasteiger charge is 2.50. The number of aromatic nitrogens is 1. The second-order valence-electron chi connectivity index (χ2n) is 12.6. The van der Waals surface area contributed by atoms with Crippen molar-refractivity contribution in [2.75, 3.05) is 67.6 Å². The second-order valence-corrected chi connectivity index (χ2v) is 12.6. The first kappa shape index (κ1) is 32.5. The fourth-order valence-corrected chi connectivity index (χ4v) is 7.30. The Bertz CT molecular complexity index is 1620. The number of aryl methyl sites for hydroxylation is 1. The standard InChI is InChI=1S/C31H35F4N7O5/c1-17-11-20(31(33,34)35)13-24(36-17)42-25(43)12-19-14-39(27-22(32)5-4-6-23(27)37(3)29(45)26(19)42)9-7-38-8-10-40-21(15-38)16-41(30(46)47)18(2)28(40)44/h4-6,11,13,18-19,21,26H,7-10,12,14-16H2,1-3H3,(H,46,47)/t18?,19-,21?,26+/m1/s1. The number of carboxylic acid groups (broad SMARTS) is 1. The molecule has 16 heteroatoms. The number of nitrogens with zero attached hydrogens (tertiary/aromatic N) is 7. The number of fused-ring (bicyclic) bond motifs is 3. The van der Waals surface area contributed by atoms with Crippen LogP contribution in [0.15, 0.2) is 30.3 Å². The fraction of sp³-hybridized carbons (Fsp3) is 0.516. The number of carbonyl (C=O) groups is 4. The molecule has 4 amide bonds. The number of benzene rings is 1. The Morgan fingerprint density at radius 1 is 1.04 bits per heavy atom. The Hall–Kier alpha value is -4.47. The molecular weight excluding hydrogens is 626 g/mol. The van der Waals surface area contributed by atoms with Gasteiger partial charge in [-0.3, -0.25) is 29.1 Å². The predicted molar refractivity (Wildman–Crippen MR) is 162 cm³/mol. The molecule has 1 aromatic heterocycles. The Morgan fingerprint density at radius 2 is 1.79 bits per heavy atom. The number of halogens is 4. The van der Waals surface area contributed by atoms with Crippen LogP contribution in [0.3, 0.4) is 0 Å². The first-order chi connectivity index (χ1) is 22.1. The number of alkyl halides is 3. The number of piperazine rings is 2. The van der Waals surface area contributed by atoms with Crippen LogP contribution in [0.1, 0.15) is 24.6 Å². The highest BCUT2D eigenvalue weighted by atomic mass is 19.4. The van der Waals surface area contributed by atoms with Crippen LogP contribution in [0.2, 0.25) is 0 Å². The SMILES string of the molecule is Cc1cc(C(F)(F)F)cc(N2C(=O)C[C@@H]3CN(CCN4CCN5C(=O)C(C)N(C(=O)O)CC5C4)c4c(F)cccc4N(C)C(=O)[C@H]32)n1. The number of rotatable bonds is 4. The molecule has 4 aliphatic rings. The van der Waals surface area contributed by atoms with Crippen LogP contribution >= 0.6 is 0 Å². The van der Waals surface area contributed by atoms with E-state index in [2.05, 4.69) is 9.88 Å². The minimum atomic E-state index is -4.69. The third kappa shape index (κ3) is 5.83. The van der Waals surface area contributed by atoms with Gasteiger partial charge in [0.25, 0.3) is 0 Å². The zero-order valence-corrected chi connectivity index (χ0v) is 26.1. The van der Waals surface area contributed by atoms with Crippen molar-refractivity contribution in [1.82, 2.24) is 19.7 Å². The number of hydrogen-bond donors (Lipinski definition) is 1. The largest absolute Gasteiger partial charge is 0.465 e. The molecule has 0 saturated carbocycles. The monoisotopic (exact) mass is 661 g/mol. The lowest BCUT2D eigenvalue weighted by atomic mass is 9.95. The third-order valence-corrected chi connectivity index (χ3v) is 9.64. The molecule has 2 unspecified atom stereocenters. The molecule has 4 aliphatic heterocycles. The molecule has 0 spiro atoms. The van der Waals surface area contributed by atoms with Crippen molar-refractivity contribution >= 4 is 41.0 Å². The van der Waals surface area contributed by atoms with Gasteiger partial charge in [0, 0.05) is 70.9 Å². The Morgan fingerprint density at radius 3 is 2.49 bits per heavy atom. The van der Waals surface area contributed by atoms with Gasteiger partial charge in [0.05, 0.1) is 23.0 Å². The van der Waals surface area contributed by atoms with Crippen molar-refractivity contribution in [3.63, 3.8) is 0 Å². The second kappa shape index (κ2) is 12.0. The van der Waals surface area contributed by atoms with Crippen LogP contribution in [0, 0.1) is 18.7 Å². The fourth-order valence-electron chi connectivity index (χ4n) is 7.30. The Balaban J connectivity index is 1.28. The van der Waals surface area contributed by atoms with Crippen molar-refractivity contribution in [2.24, 2.45) is 5.92 Å². The van der Waals surface area contributed by atoms with E-state index in [9.17, 15) is 37.5 Å². The summed E-state index contributed by atoms with van der Waals surface area (Å²) < 4.78 is 56.7. The van der Waals surface area contributed by atoms with Crippen molar-refractivity contribution in [3.05, 3.63) is 47.4 Å². The van der Waals surface area contributed by atoms with Gasteiger partial charge in [-0.05, 0) is 38.1 Å². The van der Waals surface area contributed by atoms with E-state index in [-0.39, 0.29) is 60.9 Å². The molecule has 6 rings (SSSR count). The first-order valence-corrected chi connectivity index (χ1v) is 15.4. The van der Waals surface area contributed by atoms with E-state index >= 15 is 4.39 Å². The van der Waals surface area contributed by atoms with E-state index in [4.69, 9.17) is 0 Å². The maximum atomic E-state index is 15.6. The predicted octanol–water partition coefficient (Wildman–Crippen LogP) is 2.65. The summed E-state index contributed by atoms with van der Waals surface area (Å²) in [7, 11) is 1.45. The normalized spacial score (nSPS) is 25.4. The van der Waals surface area contributed by atoms with Crippen molar-refractivity contribution in [1.29, 1.82) is 0 Å². The van der Waals surface area contributed by atoms with Crippen LogP contribution in [-0.2, 0) is 20.6 Å². The van der Waals surface area contributed by atoms with E-state index < -0.39 is 53.5 Å². The Kier molecular flexibility index (Phi) is 8.26. The maximum absolute atomic E-state index is 15.6. The van der Waals surface area contributed by atoms with Gasteiger partial charge >= 0.3 is 12.3 Å². The van der Waals surface area contributed by atoms with Crippen LogP contribution in [0.5, 0.6) is 0 Å². The average molecular weight is 662 g/mol. The summed E-state index contributed by atoms with van der Waals surface area (Å²) in [6, 6.07) is 3.65. The Labute approximate surface area is 268 Å². The summed E-state index contributed by atoms with van der Waals surface area (Å²) >= 11 is 0. The summed E-state index contributed by atoms with van der Waals surface area (Å²) in [6.07, 6.45) is -6.02. The van der Waals surface area contributed by atoms with E-state index in [0.717, 1.165) is 21.9 Å². The highest BCUT2D eigenvalue weighted by molar-refractivity contribution is 6.10. The van der Waals surface area contributed by atoms with E-state index in [1.54, 1.807) is 22.8 Å². The summed E-state index contributed by atoms with van der Waals surface area (Å²) in [6.45, 7) is 5.15. The summed E-state index contributed by atoms with van der Waals surface area (Å²) in [4.78, 5) is 65.2. The molecule has 3 saturated heterocycles. The van der Waals surface area contributed by atoms with E-state index in [1.807, 2.05) is 0 Å². The molecule has 47 heavy (non-hydrogen) atoms. The number of likely N-dealkylation sites (N-methyl/N-ethyl adjacent to an activating group) is 1. The minimum Gasteiger partial charge on any atom is -0.465 e. The zero-order chi connectivity index (χ0) is 33.9. The van der Waals surface area contributed by atoms with Crippen LogP contribution < -0.4 is 14.7 Å². The molecule has 0 bridgehead atoms. The zero-order valence-electron chi connectivity index (χ0n) is 26.1. The van der Waals surface area contributed by atoms with Gasteiger partial charge in [-0.1, -0.05) is 6.07 Å². The lowest BCUT2D eigenvalue weighted by Crippen LogP contribution is -2.68. The number of carbonyl (C=O) groups excluding carboxylic acids is 3. The van der Waals surface area contributed by atoms with Gasteiger partial charge in [-0.2, -0.15) is 13.2 Å². The number of amides is 4. The lowest BCUT2D eigenvalue weighted by molar-refractivity contribution is -0.147. The quantitative estimate of drug-likeness (QED) is 0.497. The highest BCUT2D eigenvalue weighted by Crippen LogP contribution is 2.41. The molecule has 4 atom stereocenters. The van der Waals surface area contributed by atoms with Gasteiger partial charge in [0.15, 0.2) is 0 Å². The molecule has 5 heterocycles. The molecule has 0 radical (unpaired) electrons.